The molecule has 0 aliphatic heterocycles. The van der Waals surface area contributed by atoms with Gasteiger partial charge in [0.2, 0.25) is 10.0 Å². The molecule has 0 saturated heterocycles. The number of rotatable bonds is 6. The quantitative estimate of drug-likeness (QED) is 0.810. The fourth-order valence-electron chi connectivity index (χ4n) is 1.69. The van der Waals surface area contributed by atoms with E-state index in [4.69, 9.17) is 5.73 Å². The van der Waals surface area contributed by atoms with Gasteiger partial charge in [0, 0.05) is 32.0 Å². The van der Waals surface area contributed by atoms with E-state index in [0.29, 0.717) is 12.1 Å². The van der Waals surface area contributed by atoms with Crippen LogP contribution in [0.2, 0.25) is 0 Å². The van der Waals surface area contributed by atoms with Crippen LogP contribution in [0.4, 0.5) is 4.39 Å². The van der Waals surface area contributed by atoms with Crippen molar-refractivity contribution in [3.63, 3.8) is 0 Å². The largest absolute Gasteiger partial charge is 0.336 e. The van der Waals surface area contributed by atoms with Crippen LogP contribution in [0.5, 0.6) is 0 Å². The first-order valence-corrected chi connectivity index (χ1v) is 7.45. The Kier molecular flexibility index (Phi) is 4.48. The van der Waals surface area contributed by atoms with Gasteiger partial charge in [-0.25, -0.2) is 22.5 Å². The molecule has 2 rings (SSSR count). The molecule has 0 fully saturated rings. The van der Waals surface area contributed by atoms with Gasteiger partial charge in [0.1, 0.15) is 10.7 Å². The summed E-state index contributed by atoms with van der Waals surface area (Å²) in [7, 11) is -3.89. The normalized spacial score (nSPS) is 11.7. The van der Waals surface area contributed by atoms with Crippen LogP contribution in [0.1, 0.15) is 5.56 Å². The van der Waals surface area contributed by atoms with Crippen molar-refractivity contribution in [2.24, 2.45) is 5.73 Å². The molecule has 0 saturated carbocycles. The standard InChI is InChI=1S/C12H15FN4O2S/c13-11-2-1-10(8-14)7-12(11)20(18,19)16-4-6-17-5-3-15-9-17/h1-3,5,7,9,16H,4,6,8,14H2. The first-order valence-electron chi connectivity index (χ1n) is 5.97. The van der Waals surface area contributed by atoms with Crippen molar-refractivity contribution in [1.29, 1.82) is 0 Å². The monoisotopic (exact) mass is 298 g/mol. The van der Waals surface area contributed by atoms with E-state index in [1.807, 2.05) is 0 Å². The molecule has 6 nitrogen and oxygen atoms in total. The molecule has 8 heteroatoms. The summed E-state index contributed by atoms with van der Waals surface area (Å²) in [6.45, 7) is 0.709. The second kappa shape index (κ2) is 6.12. The molecular formula is C12H15FN4O2S. The number of nitrogens with two attached hydrogens (primary N) is 1. The number of sulfonamides is 1. The molecule has 0 amide bonds. The van der Waals surface area contributed by atoms with Crippen molar-refractivity contribution >= 4 is 10.0 Å². The fraction of sp³-hybridized carbons (Fsp3) is 0.250. The van der Waals surface area contributed by atoms with Gasteiger partial charge in [0.05, 0.1) is 6.33 Å². The minimum Gasteiger partial charge on any atom is -0.336 e. The van der Waals surface area contributed by atoms with Crippen LogP contribution < -0.4 is 10.5 Å². The summed E-state index contributed by atoms with van der Waals surface area (Å²) >= 11 is 0. The lowest BCUT2D eigenvalue weighted by Crippen LogP contribution is -2.28. The molecule has 0 bridgehead atoms. The van der Waals surface area contributed by atoms with Gasteiger partial charge >= 0.3 is 0 Å². The van der Waals surface area contributed by atoms with E-state index in [0.717, 1.165) is 6.07 Å². The summed E-state index contributed by atoms with van der Waals surface area (Å²) in [4.78, 5) is 3.46. The lowest BCUT2D eigenvalue weighted by Gasteiger charge is -2.09. The molecule has 1 aromatic carbocycles. The van der Waals surface area contributed by atoms with Crippen LogP contribution in [-0.2, 0) is 23.1 Å². The minimum absolute atomic E-state index is 0.144. The van der Waals surface area contributed by atoms with Crippen molar-refractivity contribution in [3.8, 4) is 0 Å². The molecule has 1 aromatic heterocycles. The van der Waals surface area contributed by atoms with Gasteiger partial charge in [-0.15, -0.1) is 0 Å². The molecule has 20 heavy (non-hydrogen) atoms. The highest BCUT2D eigenvalue weighted by molar-refractivity contribution is 7.89. The Hall–Kier alpha value is -1.77. The van der Waals surface area contributed by atoms with E-state index in [1.54, 1.807) is 23.3 Å². The Bertz CT molecular complexity index is 671. The third-order valence-electron chi connectivity index (χ3n) is 2.74. The van der Waals surface area contributed by atoms with Crippen LogP contribution in [0.3, 0.4) is 0 Å². The van der Waals surface area contributed by atoms with Crippen molar-refractivity contribution in [1.82, 2.24) is 14.3 Å². The molecule has 0 unspecified atom stereocenters. The third-order valence-corrected chi connectivity index (χ3v) is 4.22. The topological polar surface area (TPSA) is 90.0 Å². The number of aromatic nitrogens is 2. The van der Waals surface area contributed by atoms with E-state index < -0.39 is 15.8 Å². The van der Waals surface area contributed by atoms with Gasteiger partial charge in [-0.3, -0.25) is 0 Å². The van der Waals surface area contributed by atoms with Gasteiger partial charge in [-0.1, -0.05) is 6.07 Å². The van der Waals surface area contributed by atoms with Crippen LogP contribution >= 0.6 is 0 Å². The smallest absolute Gasteiger partial charge is 0.243 e. The maximum Gasteiger partial charge on any atom is 0.243 e. The average molecular weight is 298 g/mol. The highest BCUT2D eigenvalue weighted by atomic mass is 32.2. The second-order valence-corrected chi connectivity index (χ2v) is 5.90. The molecule has 0 spiro atoms. The summed E-state index contributed by atoms with van der Waals surface area (Å²) in [5.74, 6) is -0.794. The Morgan fingerprint density at radius 3 is 2.85 bits per heavy atom. The summed E-state index contributed by atoms with van der Waals surface area (Å²) in [6, 6.07) is 3.81. The third kappa shape index (κ3) is 3.41. The van der Waals surface area contributed by atoms with Crippen LogP contribution in [-0.4, -0.2) is 24.5 Å². The van der Waals surface area contributed by atoms with Crippen LogP contribution in [0, 0.1) is 5.82 Å². The average Bonchev–Trinajstić information content (AvgIpc) is 2.92. The number of halogens is 1. The van der Waals surface area contributed by atoms with Gasteiger partial charge in [-0.2, -0.15) is 0 Å². The fourth-order valence-corrected chi connectivity index (χ4v) is 2.83. The molecule has 0 aliphatic rings. The van der Waals surface area contributed by atoms with Gasteiger partial charge in [0.25, 0.3) is 0 Å². The molecule has 2 aromatic rings. The van der Waals surface area contributed by atoms with E-state index in [2.05, 4.69) is 9.71 Å². The maximum atomic E-state index is 13.6. The van der Waals surface area contributed by atoms with Crippen LogP contribution in [0.25, 0.3) is 0 Å². The van der Waals surface area contributed by atoms with Crippen LogP contribution in [0.15, 0.2) is 41.8 Å². The predicted molar refractivity (Wildman–Crippen MR) is 71.7 cm³/mol. The maximum absolute atomic E-state index is 13.6. The minimum atomic E-state index is -3.89. The molecular weight excluding hydrogens is 283 g/mol. The number of hydrogen-bond donors (Lipinski definition) is 2. The Labute approximate surface area is 116 Å². The summed E-state index contributed by atoms with van der Waals surface area (Å²) in [6.07, 6.45) is 4.88. The summed E-state index contributed by atoms with van der Waals surface area (Å²) in [5, 5.41) is 0. The zero-order valence-electron chi connectivity index (χ0n) is 10.7. The predicted octanol–water partition coefficient (Wildman–Crippen LogP) is 0.459. The Balaban J connectivity index is 2.09. The Morgan fingerprint density at radius 2 is 2.20 bits per heavy atom. The van der Waals surface area contributed by atoms with Crippen molar-refractivity contribution in [2.45, 2.75) is 18.0 Å². The van der Waals surface area contributed by atoms with Crippen molar-refractivity contribution in [2.75, 3.05) is 6.54 Å². The first-order chi connectivity index (χ1) is 9.53. The van der Waals surface area contributed by atoms with Crippen molar-refractivity contribution < 1.29 is 12.8 Å². The van der Waals surface area contributed by atoms with Gasteiger partial charge in [-0.05, 0) is 17.7 Å². The number of hydrogen-bond acceptors (Lipinski definition) is 4. The molecule has 0 atom stereocenters. The summed E-state index contributed by atoms with van der Waals surface area (Å²) < 4.78 is 41.8. The van der Waals surface area contributed by atoms with E-state index in [9.17, 15) is 12.8 Å². The SMILES string of the molecule is NCc1ccc(F)c(S(=O)(=O)NCCn2ccnc2)c1. The second-order valence-electron chi connectivity index (χ2n) is 4.17. The zero-order chi connectivity index (χ0) is 14.6. The van der Waals surface area contributed by atoms with E-state index in [-0.39, 0.29) is 18.0 Å². The molecule has 108 valence electrons. The number of imidazole rings is 1. The number of nitrogens with zero attached hydrogens (tertiary/aromatic N) is 2. The lowest BCUT2D eigenvalue weighted by atomic mass is 10.2. The molecule has 3 N–H and O–H groups in total. The van der Waals surface area contributed by atoms with E-state index in [1.165, 1.54) is 12.1 Å². The molecule has 0 aliphatic carbocycles. The first kappa shape index (κ1) is 14.6. The Morgan fingerprint density at radius 1 is 1.40 bits per heavy atom. The summed E-state index contributed by atoms with van der Waals surface area (Å²) in [5.41, 5.74) is 5.99. The van der Waals surface area contributed by atoms with Crippen molar-refractivity contribution in [3.05, 3.63) is 48.3 Å². The number of nitrogens with one attached hydrogen (secondary N) is 1. The lowest BCUT2D eigenvalue weighted by molar-refractivity contribution is 0.551. The molecule has 1 heterocycles. The highest BCUT2D eigenvalue weighted by Crippen LogP contribution is 2.16. The highest BCUT2D eigenvalue weighted by Gasteiger charge is 2.18. The zero-order valence-corrected chi connectivity index (χ0v) is 11.5. The molecule has 0 radical (unpaired) electrons. The number of benzene rings is 1. The van der Waals surface area contributed by atoms with Gasteiger partial charge in [0.15, 0.2) is 0 Å². The van der Waals surface area contributed by atoms with Gasteiger partial charge < -0.3 is 10.3 Å². The van der Waals surface area contributed by atoms with E-state index >= 15 is 0 Å².